The zero-order chi connectivity index (χ0) is 17.7. The number of esters is 1. The third-order valence-corrected chi connectivity index (χ3v) is 3.10. The molecular formula is C15H17FN2O5S. The molecule has 0 saturated carbocycles. The summed E-state index contributed by atoms with van der Waals surface area (Å²) < 4.78 is 28.2. The third kappa shape index (κ3) is 5.05. The van der Waals surface area contributed by atoms with Crippen LogP contribution in [-0.2, 0) is 14.3 Å². The molecule has 0 aromatic heterocycles. The van der Waals surface area contributed by atoms with E-state index in [1.807, 2.05) is 0 Å². The topological polar surface area (TPSA) is 85.9 Å². The molecule has 1 unspecified atom stereocenters. The SMILES string of the molecule is CCOC(=O)CCC(=O)NC(=S)Nc1ccc2c(c1)OC(C)(F)O2. The predicted octanol–water partition coefficient (Wildman–Crippen LogP) is 2.26. The Bertz CT molecular complexity index is 665. The van der Waals surface area contributed by atoms with Gasteiger partial charge < -0.3 is 24.8 Å². The van der Waals surface area contributed by atoms with Crippen LogP contribution < -0.4 is 20.1 Å². The first kappa shape index (κ1) is 17.9. The fraction of sp³-hybridized carbons (Fsp3) is 0.400. The summed E-state index contributed by atoms with van der Waals surface area (Å²) in [4.78, 5) is 22.9. The molecule has 1 aliphatic rings. The lowest BCUT2D eigenvalue weighted by atomic mass is 10.3. The second-order valence-electron chi connectivity index (χ2n) is 5.01. The standard InChI is InChI=1S/C15H17FN2O5S/c1-3-21-13(20)7-6-12(19)18-14(24)17-9-4-5-10-11(8-9)23-15(2,16)22-10/h4-5,8H,3,6-7H2,1-2H3,(H2,17,18,19,24). The van der Waals surface area contributed by atoms with E-state index < -0.39 is 17.9 Å². The number of ether oxygens (including phenoxy) is 3. The second-order valence-corrected chi connectivity index (χ2v) is 5.42. The molecule has 2 N–H and O–H groups in total. The molecule has 0 saturated heterocycles. The van der Waals surface area contributed by atoms with E-state index >= 15 is 0 Å². The number of benzene rings is 1. The van der Waals surface area contributed by atoms with Crippen LogP contribution in [-0.4, -0.2) is 29.6 Å². The average molecular weight is 356 g/mol. The van der Waals surface area contributed by atoms with Gasteiger partial charge in [-0.2, -0.15) is 4.39 Å². The van der Waals surface area contributed by atoms with Crippen LogP contribution in [0.5, 0.6) is 11.5 Å². The van der Waals surface area contributed by atoms with Crippen LogP contribution in [0.15, 0.2) is 18.2 Å². The van der Waals surface area contributed by atoms with Crippen molar-refractivity contribution in [2.24, 2.45) is 0 Å². The van der Waals surface area contributed by atoms with Crippen LogP contribution in [0.1, 0.15) is 26.7 Å². The van der Waals surface area contributed by atoms with Crippen LogP contribution in [0.25, 0.3) is 0 Å². The van der Waals surface area contributed by atoms with E-state index in [2.05, 4.69) is 10.6 Å². The molecule has 0 aliphatic carbocycles. The van der Waals surface area contributed by atoms with E-state index in [1.165, 1.54) is 12.1 Å². The maximum absolute atomic E-state index is 13.6. The molecule has 1 atom stereocenters. The largest absolute Gasteiger partial charge is 0.466 e. The summed E-state index contributed by atoms with van der Waals surface area (Å²) in [5, 5.41) is 5.25. The van der Waals surface area contributed by atoms with Crippen molar-refractivity contribution in [1.82, 2.24) is 5.32 Å². The minimum atomic E-state index is -2.21. The summed E-state index contributed by atoms with van der Waals surface area (Å²) >= 11 is 5.01. The van der Waals surface area contributed by atoms with Crippen molar-refractivity contribution in [2.75, 3.05) is 11.9 Å². The minimum Gasteiger partial charge on any atom is -0.466 e. The zero-order valence-electron chi connectivity index (χ0n) is 13.2. The Morgan fingerprint density at radius 2 is 2.00 bits per heavy atom. The van der Waals surface area contributed by atoms with Crippen LogP contribution in [0.4, 0.5) is 10.1 Å². The van der Waals surface area contributed by atoms with Gasteiger partial charge in [-0.25, -0.2) is 0 Å². The molecule has 130 valence electrons. The molecule has 1 aromatic carbocycles. The Balaban J connectivity index is 1.83. The van der Waals surface area contributed by atoms with Gasteiger partial charge >= 0.3 is 12.0 Å². The van der Waals surface area contributed by atoms with Crippen LogP contribution in [0.2, 0.25) is 0 Å². The number of fused-ring (bicyclic) bond motifs is 1. The Kier molecular flexibility index (Phi) is 5.55. The van der Waals surface area contributed by atoms with Crippen LogP contribution >= 0.6 is 12.2 Å². The molecule has 1 aromatic rings. The maximum atomic E-state index is 13.6. The Labute approximate surface area is 143 Å². The molecule has 1 amide bonds. The van der Waals surface area contributed by atoms with E-state index in [1.54, 1.807) is 13.0 Å². The number of alkyl halides is 1. The smallest absolute Gasteiger partial charge is 0.404 e. The molecule has 1 aliphatic heterocycles. The van der Waals surface area contributed by atoms with Gasteiger partial charge in [-0.15, -0.1) is 0 Å². The van der Waals surface area contributed by atoms with E-state index in [0.717, 1.165) is 6.92 Å². The highest BCUT2D eigenvalue weighted by atomic mass is 32.1. The van der Waals surface area contributed by atoms with Gasteiger partial charge in [0.25, 0.3) is 0 Å². The first-order valence-electron chi connectivity index (χ1n) is 7.26. The first-order chi connectivity index (χ1) is 11.3. The normalized spacial score (nSPS) is 18.0. The average Bonchev–Trinajstić information content (AvgIpc) is 2.78. The van der Waals surface area contributed by atoms with Gasteiger partial charge in [0.1, 0.15) is 0 Å². The van der Waals surface area contributed by atoms with Crippen molar-refractivity contribution in [2.45, 2.75) is 32.7 Å². The number of nitrogens with one attached hydrogen (secondary N) is 2. The molecule has 9 heteroatoms. The number of thiocarbonyl (C=S) groups is 1. The molecule has 0 radical (unpaired) electrons. The molecule has 0 spiro atoms. The second kappa shape index (κ2) is 7.43. The molecule has 1 heterocycles. The van der Waals surface area contributed by atoms with Crippen molar-refractivity contribution in [3.05, 3.63) is 18.2 Å². The number of carbonyl (C=O) groups is 2. The van der Waals surface area contributed by atoms with Gasteiger partial charge in [0.2, 0.25) is 5.91 Å². The van der Waals surface area contributed by atoms with Crippen molar-refractivity contribution >= 4 is 34.9 Å². The van der Waals surface area contributed by atoms with E-state index in [9.17, 15) is 14.0 Å². The van der Waals surface area contributed by atoms with Gasteiger partial charge in [0.15, 0.2) is 16.6 Å². The van der Waals surface area contributed by atoms with Gasteiger partial charge in [-0.1, -0.05) is 0 Å². The van der Waals surface area contributed by atoms with E-state index in [4.69, 9.17) is 26.4 Å². The van der Waals surface area contributed by atoms with E-state index in [-0.39, 0.29) is 36.1 Å². The minimum absolute atomic E-state index is 0.0264. The molecule has 2 rings (SSSR count). The summed E-state index contributed by atoms with van der Waals surface area (Å²) in [5.41, 5.74) is 0.491. The highest BCUT2D eigenvalue weighted by Gasteiger charge is 2.36. The molecular weight excluding hydrogens is 339 g/mol. The predicted molar refractivity (Wildman–Crippen MR) is 87.4 cm³/mol. The highest BCUT2D eigenvalue weighted by molar-refractivity contribution is 7.80. The summed E-state index contributed by atoms with van der Waals surface area (Å²) in [5.74, 6) is -0.370. The Hall–Kier alpha value is -2.42. The van der Waals surface area contributed by atoms with Gasteiger partial charge in [-0.05, 0) is 31.3 Å². The number of hydrogen-bond acceptors (Lipinski definition) is 6. The fourth-order valence-electron chi connectivity index (χ4n) is 1.96. The number of anilines is 1. The molecule has 7 nitrogen and oxygen atoms in total. The quantitative estimate of drug-likeness (QED) is 0.618. The van der Waals surface area contributed by atoms with Crippen LogP contribution in [0, 0.1) is 0 Å². The number of rotatable bonds is 5. The van der Waals surface area contributed by atoms with Gasteiger partial charge in [0, 0.05) is 25.1 Å². The summed E-state index contributed by atoms with van der Waals surface area (Å²) in [7, 11) is 0. The maximum Gasteiger partial charge on any atom is 0.404 e. The number of carbonyl (C=O) groups excluding carboxylic acids is 2. The Morgan fingerprint density at radius 3 is 2.71 bits per heavy atom. The molecule has 0 fully saturated rings. The fourth-order valence-corrected chi connectivity index (χ4v) is 2.20. The van der Waals surface area contributed by atoms with Crippen molar-refractivity contribution < 1.29 is 28.2 Å². The number of halogens is 1. The van der Waals surface area contributed by atoms with Gasteiger partial charge in [-0.3, -0.25) is 9.59 Å². The summed E-state index contributed by atoms with van der Waals surface area (Å²) in [6.07, 6.45) is -0.0661. The summed E-state index contributed by atoms with van der Waals surface area (Å²) in [6, 6.07) is 2.41. The number of amides is 1. The van der Waals surface area contributed by atoms with E-state index in [0.29, 0.717) is 5.69 Å². The lowest BCUT2D eigenvalue weighted by Crippen LogP contribution is -2.34. The van der Waals surface area contributed by atoms with Crippen LogP contribution in [0.3, 0.4) is 0 Å². The van der Waals surface area contributed by atoms with Crippen molar-refractivity contribution in [3.8, 4) is 11.5 Å². The highest BCUT2D eigenvalue weighted by Crippen LogP contribution is 2.41. The molecule has 0 bridgehead atoms. The zero-order valence-corrected chi connectivity index (χ0v) is 14.0. The monoisotopic (exact) mass is 356 g/mol. The lowest BCUT2D eigenvalue weighted by molar-refractivity contribution is -0.173. The summed E-state index contributed by atoms with van der Waals surface area (Å²) in [6.45, 7) is 3.10. The van der Waals surface area contributed by atoms with Gasteiger partial charge in [0.05, 0.1) is 13.0 Å². The first-order valence-corrected chi connectivity index (χ1v) is 7.67. The number of hydrogen-bond donors (Lipinski definition) is 2. The van der Waals surface area contributed by atoms with Crippen molar-refractivity contribution in [3.63, 3.8) is 0 Å². The Morgan fingerprint density at radius 1 is 1.29 bits per heavy atom. The van der Waals surface area contributed by atoms with Crippen molar-refractivity contribution in [1.29, 1.82) is 0 Å². The molecule has 24 heavy (non-hydrogen) atoms. The third-order valence-electron chi connectivity index (χ3n) is 2.90. The lowest BCUT2D eigenvalue weighted by Gasteiger charge is -2.10.